The first-order valence-electron chi connectivity index (χ1n) is 9.37. The maximum absolute atomic E-state index is 14.1. The van der Waals surface area contributed by atoms with Crippen LogP contribution in [0.2, 0.25) is 0 Å². The monoisotopic (exact) mass is 343 g/mol. The largest absolute Gasteiger partial charge is 0.324 e. The minimum Gasteiger partial charge on any atom is -0.324 e. The van der Waals surface area contributed by atoms with Crippen molar-refractivity contribution in [3.63, 3.8) is 0 Å². The number of piperidine rings is 1. The van der Waals surface area contributed by atoms with E-state index in [4.69, 9.17) is 0 Å². The molecule has 0 aliphatic carbocycles. The summed E-state index contributed by atoms with van der Waals surface area (Å²) in [6.07, 6.45) is 6.61. The number of amides is 2. The molecule has 3 aliphatic heterocycles. The summed E-state index contributed by atoms with van der Waals surface area (Å²) in [6.45, 7) is 7.37. The third-order valence-corrected chi connectivity index (χ3v) is 6.17. The van der Waals surface area contributed by atoms with Crippen LogP contribution in [0.5, 0.6) is 0 Å². The Balaban J connectivity index is 1.82. The smallest absolute Gasteiger partial charge is 0.324 e. The van der Waals surface area contributed by atoms with Crippen LogP contribution >= 0.6 is 0 Å². The van der Waals surface area contributed by atoms with Gasteiger partial charge in [-0.3, -0.25) is 4.90 Å². The van der Waals surface area contributed by atoms with Crippen LogP contribution in [0.1, 0.15) is 37.7 Å². The van der Waals surface area contributed by atoms with E-state index in [0.29, 0.717) is 0 Å². The lowest BCUT2D eigenvalue weighted by molar-refractivity contribution is 0.204. The SMILES string of the molecule is C=CC[C@H]1N(C(=O)N2CCCC2)c2ccc(F)cc2C12CCNCC2. The number of hydrogen-bond donors (Lipinski definition) is 1. The Morgan fingerprint density at radius 2 is 2.04 bits per heavy atom. The Kier molecular flexibility index (Phi) is 4.28. The van der Waals surface area contributed by atoms with E-state index in [0.717, 1.165) is 69.5 Å². The lowest BCUT2D eigenvalue weighted by atomic mass is 9.69. The summed E-state index contributed by atoms with van der Waals surface area (Å²) in [5.74, 6) is -0.218. The van der Waals surface area contributed by atoms with Crippen LogP contribution in [-0.4, -0.2) is 43.2 Å². The molecule has 0 aromatic heterocycles. The topological polar surface area (TPSA) is 35.6 Å². The normalized spacial score (nSPS) is 24.6. The van der Waals surface area contributed by atoms with Crippen LogP contribution in [0, 0.1) is 5.82 Å². The number of urea groups is 1. The molecule has 1 N–H and O–H groups in total. The first-order chi connectivity index (χ1) is 12.2. The standard InChI is InChI=1S/C20H26FN3O/c1-2-5-18-20(8-10-22-11-9-20)16-14-15(21)6-7-17(16)24(18)19(25)23-12-3-4-13-23/h2,6-7,14,18,22H,1,3-5,8-13H2/t18-/m1/s1. The van der Waals surface area contributed by atoms with Gasteiger partial charge in [0.05, 0.1) is 6.04 Å². The summed E-state index contributed by atoms with van der Waals surface area (Å²) in [6, 6.07) is 5.04. The second-order valence-corrected chi connectivity index (χ2v) is 7.45. The Hall–Kier alpha value is -1.88. The van der Waals surface area contributed by atoms with Crippen LogP contribution in [0.3, 0.4) is 0 Å². The molecule has 4 rings (SSSR count). The summed E-state index contributed by atoms with van der Waals surface area (Å²) >= 11 is 0. The predicted octanol–water partition coefficient (Wildman–Crippen LogP) is 3.43. The molecular weight excluding hydrogens is 317 g/mol. The van der Waals surface area contributed by atoms with E-state index in [1.54, 1.807) is 12.1 Å². The molecule has 1 atom stereocenters. The zero-order valence-corrected chi connectivity index (χ0v) is 14.6. The molecule has 134 valence electrons. The Labute approximate surface area is 148 Å². The number of hydrogen-bond acceptors (Lipinski definition) is 2. The zero-order valence-electron chi connectivity index (χ0n) is 14.6. The highest BCUT2D eigenvalue weighted by molar-refractivity contribution is 5.96. The van der Waals surface area contributed by atoms with Crippen molar-refractivity contribution >= 4 is 11.7 Å². The van der Waals surface area contributed by atoms with Gasteiger partial charge in [-0.15, -0.1) is 6.58 Å². The van der Waals surface area contributed by atoms with Crippen molar-refractivity contribution in [1.82, 2.24) is 10.2 Å². The number of benzene rings is 1. The number of carbonyl (C=O) groups excluding carboxylic acids is 1. The average molecular weight is 343 g/mol. The maximum Gasteiger partial charge on any atom is 0.324 e. The lowest BCUT2D eigenvalue weighted by Crippen LogP contribution is -2.54. The first-order valence-corrected chi connectivity index (χ1v) is 9.37. The molecule has 25 heavy (non-hydrogen) atoms. The van der Waals surface area contributed by atoms with E-state index in [1.807, 2.05) is 15.9 Å². The number of nitrogens with one attached hydrogen (secondary N) is 1. The molecule has 2 fully saturated rings. The van der Waals surface area contributed by atoms with Gasteiger partial charge in [0.2, 0.25) is 0 Å². The van der Waals surface area contributed by atoms with Gasteiger partial charge >= 0.3 is 6.03 Å². The van der Waals surface area contributed by atoms with Crippen molar-refractivity contribution in [2.24, 2.45) is 0 Å². The van der Waals surface area contributed by atoms with Gasteiger partial charge in [-0.05, 0) is 69.0 Å². The molecule has 0 unspecified atom stereocenters. The van der Waals surface area contributed by atoms with E-state index < -0.39 is 0 Å². The fourth-order valence-electron chi connectivity index (χ4n) is 4.97. The molecule has 1 aromatic rings. The predicted molar refractivity (Wildman–Crippen MR) is 97.5 cm³/mol. The van der Waals surface area contributed by atoms with Crippen molar-refractivity contribution in [3.8, 4) is 0 Å². The summed E-state index contributed by atoms with van der Waals surface area (Å²) in [5.41, 5.74) is 1.73. The minimum absolute atomic E-state index is 0.0250. The number of anilines is 1. The van der Waals surface area contributed by atoms with E-state index in [9.17, 15) is 9.18 Å². The van der Waals surface area contributed by atoms with Gasteiger partial charge in [0, 0.05) is 24.2 Å². The second kappa shape index (κ2) is 6.45. The number of carbonyl (C=O) groups is 1. The van der Waals surface area contributed by atoms with Gasteiger partial charge in [-0.2, -0.15) is 0 Å². The van der Waals surface area contributed by atoms with E-state index in [2.05, 4.69) is 11.9 Å². The van der Waals surface area contributed by atoms with Crippen molar-refractivity contribution in [2.75, 3.05) is 31.1 Å². The summed E-state index contributed by atoms with van der Waals surface area (Å²) in [5, 5.41) is 3.41. The van der Waals surface area contributed by atoms with Gasteiger partial charge in [0.1, 0.15) is 5.82 Å². The van der Waals surface area contributed by atoms with Crippen LogP contribution in [0.25, 0.3) is 0 Å². The molecule has 3 aliphatic rings. The van der Waals surface area contributed by atoms with Crippen LogP contribution in [-0.2, 0) is 5.41 Å². The molecular formula is C20H26FN3O. The molecule has 1 aromatic carbocycles. The van der Waals surface area contributed by atoms with Crippen LogP contribution in [0.4, 0.5) is 14.9 Å². The quantitative estimate of drug-likeness (QED) is 0.835. The van der Waals surface area contributed by atoms with Crippen molar-refractivity contribution in [1.29, 1.82) is 0 Å². The molecule has 2 amide bonds. The van der Waals surface area contributed by atoms with Crippen LogP contribution in [0.15, 0.2) is 30.9 Å². The highest BCUT2D eigenvalue weighted by atomic mass is 19.1. The van der Waals surface area contributed by atoms with Gasteiger partial charge in [0.15, 0.2) is 0 Å². The summed E-state index contributed by atoms with van der Waals surface area (Å²) in [4.78, 5) is 17.2. The number of halogens is 1. The molecule has 1 spiro atoms. The van der Waals surface area contributed by atoms with E-state index >= 15 is 0 Å². The summed E-state index contributed by atoms with van der Waals surface area (Å²) < 4.78 is 14.1. The zero-order chi connectivity index (χ0) is 17.4. The molecule has 0 saturated carbocycles. The van der Waals surface area contributed by atoms with Crippen molar-refractivity contribution in [3.05, 3.63) is 42.2 Å². The van der Waals surface area contributed by atoms with Gasteiger partial charge < -0.3 is 10.2 Å². The molecule has 3 heterocycles. The number of rotatable bonds is 2. The summed E-state index contributed by atoms with van der Waals surface area (Å²) in [7, 11) is 0. The number of fused-ring (bicyclic) bond motifs is 2. The fraction of sp³-hybridized carbons (Fsp3) is 0.550. The third-order valence-electron chi connectivity index (χ3n) is 6.17. The first kappa shape index (κ1) is 16.6. The molecule has 5 heteroatoms. The Morgan fingerprint density at radius 3 is 2.72 bits per heavy atom. The number of nitrogens with zero attached hydrogens (tertiary/aromatic N) is 2. The van der Waals surface area contributed by atoms with E-state index in [1.165, 1.54) is 6.07 Å². The van der Waals surface area contributed by atoms with Crippen molar-refractivity contribution in [2.45, 2.75) is 43.6 Å². The second-order valence-electron chi connectivity index (χ2n) is 7.45. The van der Waals surface area contributed by atoms with Crippen molar-refractivity contribution < 1.29 is 9.18 Å². The van der Waals surface area contributed by atoms with Gasteiger partial charge in [0.25, 0.3) is 0 Å². The molecule has 4 nitrogen and oxygen atoms in total. The minimum atomic E-state index is -0.218. The highest BCUT2D eigenvalue weighted by Gasteiger charge is 2.53. The third kappa shape index (κ3) is 2.56. The number of likely N-dealkylation sites (tertiary alicyclic amines) is 1. The Morgan fingerprint density at radius 1 is 1.32 bits per heavy atom. The maximum atomic E-state index is 14.1. The van der Waals surface area contributed by atoms with E-state index in [-0.39, 0.29) is 23.3 Å². The lowest BCUT2D eigenvalue weighted by Gasteiger charge is -2.42. The fourth-order valence-corrected chi connectivity index (χ4v) is 4.97. The Bertz CT molecular complexity index is 678. The van der Waals surface area contributed by atoms with Crippen LogP contribution < -0.4 is 10.2 Å². The molecule has 0 bridgehead atoms. The van der Waals surface area contributed by atoms with Gasteiger partial charge in [-0.25, -0.2) is 9.18 Å². The molecule has 2 saturated heterocycles. The van der Waals surface area contributed by atoms with Gasteiger partial charge in [-0.1, -0.05) is 6.08 Å². The highest BCUT2D eigenvalue weighted by Crippen LogP contribution is 2.52. The average Bonchev–Trinajstić information content (AvgIpc) is 3.24. The molecule has 0 radical (unpaired) electrons.